The number of aromatic nitrogens is 1. The first kappa shape index (κ1) is 14.4. The van der Waals surface area contributed by atoms with Gasteiger partial charge in [-0.15, -0.1) is 0 Å². The normalized spacial score (nSPS) is 12.4. The lowest BCUT2D eigenvalue weighted by Crippen LogP contribution is -2.14. The molecule has 0 aliphatic carbocycles. The van der Waals surface area contributed by atoms with Gasteiger partial charge in [-0.3, -0.25) is 4.79 Å². The number of hydrogen-bond acceptors (Lipinski definition) is 4. The second-order valence-electron chi connectivity index (χ2n) is 5.52. The van der Waals surface area contributed by atoms with Gasteiger partial charge in [0.15, 0.2) is 11.5 Å². The van der Waals surface area contributed by atoms with Crippen LogP contribution in [0, 0.1) is 0 Å². The molecule has 2 heterocycles. The molecule has 6 nitrogen and oxygen atoms in total. The van der Waals surface area contributed by atoms with Crippen LogP contribution in [0.2, 0.25) is 0 Å². The molecule has 122 valence electrons. The van der Waals surface area contributed by atoms with Crippen LogP contribution in [0.15, 0.2) is 42.6 Å². The molecule has 2 aromatic carbocycles. The predicted octanol–water partition coefficient (Wildman–Crippen LogP) is 3.09. The Hall–Kier alpha value is -3.15. The van der Waals surface area contributed by atoms with Gasteiger partial charge in [0.2, 0.25) is 12.7 Å². The lowest BCUT2D eigenvalue weighted by Gasteiger charge is -2.06. The third-order valence-corrected chi connectivity index (χ3v) is 3.98. The molecule has 1 aliphatic heterocycles. The molecule has 0 saturated heterocycles. The van der Waals surface area contributed by atoms with Crippen molar-refractivity contribution in [2.24, 2.45) is 0 Å². The van der Waals surface area contributed by atoms with Crippen molar-refractivity contribution in [3.8, 4) is 17.2 Å². The van der Waals surface area contributed by atoms with Gasteiger partial charge >= 0.3 is 0 Å². The fourth-order valence-electron chi connectivity index (χ4n) is 2.78. The van der Waals surface area contributed by atoms with Gasteiger partial charge < -0.3 is 24.5 Å². The first-order chi connectivity index (χ1) is 11.7. The number of carbonyl (C=O) groups excluding carboxylic acids is 1. The van der Waals surface area contributed by atoms with Crippen LogP contribution in [0.4, 0.5) is 5.69 Å². The number of benzene rings is 2. The summed E-state index contributed by atoms with van der Waals surface area (Å²) >= 11 is 0. The summed E-state index contributed by atoms with van der Waals surface area (Å²) in [7, 11) is 1.62. The first-order valence-corrected chi connectivity index (χ1v) is 7.56. The summed E-state index contributed by atoms with van der Waals surface area (Å²) in [6.07, 6.45) is 2.12. The van der Waals surface area contributed by atoms with Gasteiger partial charge in [0.25, 0.3) is 0 Å². The van der Waals surface area contributed by atoms with E-state index in [0.717, 1.165) is 22.2 Å². The average molecular weight is 324 g/mol. The Morgan fingerprint density at radius 3 is 2.96 bits per heavy atom. The number of H-pyrrole nitrogens is 1. The zero-order chi connectivity index (χ0) is 16.5. The number of methoxy groups -OCH3 is 1. The van der Waals surface area contributed by atoms with Crippen molar-refractivity contribution >= 4 is 22.5 Å². The van der Waals surface area contributed by atoms with Crippen molar-refractivity contribution in [3.63, 3.8) is 0 Å². The van der Waals surface area contributed by atoms with Gasteiger partial charge in [-0.1, -0.05) is 0 Å². The van der Waals surface area contributed by atoms with Crippen molar-refractivity contribution in [2.45, 2.75) is 6.42 Å². The van der Waals surface area contributed by atoms with Gasteiger partial charge in [-0.05, 0) is 35.9 Å². The smallest absolute Gasteiger partial charge is 0.231 e. The Bertz CT molecular complexity index is 917. The standard InChI is InChI=1S/C18H16N2O4/c1-22-13-3-4-15-14(8-13)11(9-19-15)6-18(21)20-12-2-5-16-17(7-12)24-10-23-16/h2-5,7-9,19H,6,10H2,1H3,(H,20,21). The van der Waals surface area contributed by atoms with Crippen LogP contribution in [0.25, 0.3) is 10.9 Å². The van der Waals surface area contributed by atoms with E-state index in [9.17, 15) is 4.79 Å². The quantitative estimate of drug-likeness (QED) is 0.773. The highest BCUT2D eigenvalue weighted by atomic mass is 16.7. The molecule has 1 aromatic heterocycles. The topological polar surface area (TPSA) is 72.6 Å². The molecule has 0 saturated carbocycles. The molecule has 3 aromatic rings. The summed E-state index contributed by atoms with van der Waals surface area (Å²) in [6.45, 7) is 0.212. The molecule has 0 spiro atoms. The van der Waals surface area contributed by atoms with Crippen molar-refractivity contribution in [1.82, 2.24) is 4.98 Å². The van der Waals surface area contributed by atoms with E-state index in [-0.39, 0.29) is 19.1 Å². The van der Waals surface area contributed by atoms with Gasteiger partial charge in [0.05, 0.1) is 13.5 Å². The van der Waals surface area contributed by atoms with Crippen LogP contribution in [0.5, 0.6) is 17.2 Å². The third kappa shape index (κ3) is 2.62. The monoisotopic (exact) mass is 324 g/mol. The predicted molar refractivity (Wildman–Crippen MR) is 89.7 cm³/mol. The molecule has 0 fully saturated rings. The van der Waals surface area contributed by atoms with Crippen LogP contribution >= 0.6 is 0 Å². The van der Waals surface area contributed by atoms with E-state index in [1.807, 2.05) is 24.4 Å². The molecule has 0 atom stereocenters. The van der Waals surface area contributed by atoms with Crippen LogP contribution in [-0.2, 0) is 11.2 Å². The van der Waals surface area contributed by atoms with Crippen molar-refractivity contribution in [2.75, 3.05) is 19.2 Å². The van der Waals surface area contributed by atoms with E-state index in [2.05, 4.69) is 10.3 Å². The van der Waals surface area contributed by atoms with Crippen molar-refractivity contribution in [1.29, 1.82) is 0 Å². The Kier molecular flexibility index (Phi) is 3.49. The molecule has 24 heavy (non-hydrogen) atoms. The maximum atomic E-state index is 12.3. The van der Waals surface area contributed by atoms with Crippen LogP contribution < -0.4 is 19.5 Å². The van der Waals surface area contributed by atoms with E-state index >= 15 is 0 Å². The van der Waals surface area contributed by atoms with Crippen LogP contribution in [0.1, 0.15) is 5.56 Å². The zero-order valence-corrected chi connectivity index (χ0v) is 13.1. The van der Waals surface area contributed by atoms with Gasteiger partial charge in [0, 0.05) is 28.9 Å². The summed E-state index contributed by atoms with van der Waals surface area (Å²) in [4.78, 5) is 15.5. The van der Waals surface area contributed by atoms with E-state index < -0.39 is 0 Å². The van der Waals surface area contributed by atoms with E-state index in [0.29, 0.717) is 17.2 Å². The first-order valence-electron chi connectivity index (χ1n) is 7.56. The fraction of sp³-hybridized carbons (Fsp3) is 0.167. The Balaban J connectivity index is 1.52. The van der Waals surface area contributed by atoms with E-state index in [1.165, 1.54) is 0 Å². The SMILES string of the molecule is COc1ccc2[nH]cc(CC(=O)Nc3ccc4c(c3)OCO4)c2c1. The molecule has 1 aliphatic rings. The third-order valence-electron chi connectivity index (χ3n) is 3.98. The number of hydrogen-bond donors (Lipinski definition) is 2. The minimum Gasteiger partial charge on any atom is -0.497 e. The number of fused-ring (bicyclic) bond motifs is 2. The maximum absolute atomic E-state index is 12.3. The van der Waals surface area contributed by atoms with E-state index in [1.54, 1.807) is 25.3 Å². The lowest BCUT2D eigenvalue weighted by atomic mass is 10.1. The number of carbonyl (C=O) groups is 1. The minimum atomic E-state index is -0.0995. The maximum Gasteiger partial charge on any atom is 0.231 e. The molecule has 6 heteroatoms. The molecule has 0 unspecified atom stereocenters. The van der Waals surface area contributed by atoms with Gasteiger partial charge in [0.1, 0.15) is 5.75 Å². The second-order valence-corrected chi connectivity index (χ2v) is 5.52. The summed E-state index contributed by atoms with van der Waals surface area (Å²) in [6, 6.07) is 11.1. The zero-order valence-electron chi connectivity index (χ0n) is 13.1. The largest absolute Gasteiger partial charge is 0.497 e. The lowest BCUT2D eigenvalue weighted by molar-refractivity contribution is -0.115. The number of ether oxygens (including phenoxy) is 3. The molecule has 2 N–H and O–H groups in total. The van der Waals surface area contributed by atoms with Crippen LogP contribution in [-0.4, -0.2) is 24.8 Å². The molecular weight excluding hydrogens is 308 g/mol. The Morgan fingerprint density at radius 2 is 2.08 bits per heavy atom. The van der Waals surface area contributed by atoms with Crippen molar-refractivity contribution < 1.29 is 19.0 Å². The number of rotatable bonds is 4. The summed E-state index contributed by atoms with van der Waals surface area (Å²) in [5.41, 5.74) is 2.57. The number of amides is 1. The summed E-state index contributed by atoms with van der Waals surface area (Å²) < 4.78 is 15.8. The van der Waals surface area contributed by atoms with E-state index in [4.69, 9.17) is 14.2 Å². The minimum absolute atomic E-state index is 0.0995. The van der Waals surface area contributed by atoms with Gasteiger partial charge in [-0.2, -0.15) is 0 Å². The highest BCUT2D eigenvalue weighted by molar-refractivity contribution is 5.96. The molecule has 4 rings (SSSR count). The summed E-state index contributed by atoms with van der Waals surface area (Å²) in [5.74, 6) is 2.00. The second kappa shape index (κ2) is 5.81. The fourth-order valence-corrected chi connectivity index (χ4v) is 2.78. The Morgan fingerprint density at radius 1 is 1.21 bits per heavy atom. The molecule has 0 radical (unpaired) electrons. The number of nitrogens with one attached hydrogen (secondary N) is 2. The Labute approximate surface area is 138 Å². The summed E-state index contributed by atoms with van der Waals surface area (Å²) in [5, 5.41) is 3.87. The number of aromatic amines is 1. The highest BCUT2D eigenvalue weighted by Gasteiger charge is 2.15. The van der Waals surface area contributed by atoms with Crippen LogP contribution in [0.3, 0.4) is 0 Å². The molecular formula is C18H16N2O4. The van der Waals surface area contributed by atoms with Crippen molar-refractivity contribution in [3.05, 3.63) is 48.2 Å². The number of anilines is 1. The molecule has 1 amide bonds. The average Bonchev–Trinajstić information content (AvgIpc) is 3.21. The molecule has 0 bridgehead atoms. The van der Waals surface area contributed by atoms with Gasteiger partial charge in [-0.25, -0.2) is 0 Å². The highest BCUT2D eigenvalue weighted by Crippen LogP contribution is 2.34.